The van der Waals surface area contributed by atoms with E-state index in [2.05, 4.69) is 17.0 Å². The van der Waals surface area contributed by atoms with Crippen LogP contribution in [-0.2, 0) is 11.3 Å². The Balaban J connectivity index is 1.95. The number of hydrogen-bond acceptors (Lipinski definition) is 4. The second-order valence-corrected chi connectivity index (χ2v) is 4.79. The number of rotatable bonds is 4. The molecule has 2 rings (SSSR count). The molecule has 0 aromatic heterocycles. The molecule has 0 amide bonds. The molecule has 0 saturated carbocycles. The molecule has 1 aliphatic rings. The first-order valence-electron chi connectivity index (χ1n) is 6.33. The van der Waals surface area contributed by atoms with Crippen LogP contribution in [0.2, 0.25) is 0 Å². The Kier molecular flexibility index (Phi) is 4.58. The molecule has 4 nitrogen and oxygen atoms in total. The van der Waals surface area contributed by atoms with Crippen molar-refractivity contribution in [3.63, 3.8) is 0 Å². The van der Waals surface area contributed by atoms with Crippen molar-refractivity contribution in [2.24, 2.45) is 0 Å². The number of benzene rings is 1. The lowest BCUT2D eigenvalue weighted by Crippen LogP contribution is -2.47. The molecule has 1 heterocycles. The van der Waals surface area contributed by atoms with Crippen molar-refractivity contribution in [2.75, 3.05) is 26.8 Å². The van der Waals surface area contributed by atoms with Crippen LogP contribution in [0.3, 0.4) is 0 Å². The fourth-order valence-corrected chi connectivity index (χ4v) is 2.36. The average Bonchev–Trinajstić information content (AvgIpc) is 2.39. The standard InChI is InChI=1S/C14H21NO3/c1-11-7-15(9-14(10-16)18-11)8-12-3-5-13(17-2)6-4-12/h3-6,11,14,16H,7-10H2,1-2H3/t11?,14-/m1/s1. The summed E-state index contributed by atoms with van der Waals surface area (Å²) in [6, 6.07) is 8.10. The molecule has 1 aromatic carbocycles. The minimum absolute atomic E-state index is 0.0630. The lowest BCUT2D eigenvalue weighted by Gasteiger charge is -2.36. The van der Waals surface area contributed by atoms with Gasteiger partial charge in [-0.3, -0.25) is 4.90 Å². The third-order valence-electron chi connectivity index (χ3n) is 3.17. The van der Waals surface area contributed by atoms with E-state index in [0.29, 0.717) is 0 Å². The fourth-order valence-electron chi connectivity index (χ4n) is 2.36. The van der Waals surface area contributed by atoms with Gasteiger partial charge in [0.2, 0.25) is 0 Å². The van der Waals surface area contributed by atoms with E-state index < -0.39 is 0 Å². The molecule has 1 aliphatic heterocycles. The number of morpholine rings is 1. The largest absolute Gasteiger partial charge is 0.497 e. The van der Waals surface area contributed by atoms with E-state index >= 15 is 0 Å². The van der Waals surface area contributed by atoms with E-state index in [0.717, 1.165) is 25.4 Å². The van der Waals surface area contributed by atoms with Gasteiger partial charge in [0.05, 0.1) is 25.9 Å². The predicted octanol–water partition coefficient (Wildman–Crippen LogP) is 1.28. The Hall–Kier alpha value is -1.10. The molecule has 0 spiro atoms. The summed E-state index contributed by atoms with van der Waals surface area (Å²) in [7, 11) is 1.67. The van der Waals surface area contributed by atoms with Crippen LogP contribution in [0.4, 0.5) is 0 Å². The molecule has 1 N–H and O–H groups in total. The SMILES string of the molecule is COc1ccc(CN2CC(C)O[C@@H](CO)C2)cc1. The Labute approximate surface area is 108 Å². The molecule has 0 radical (unpaired) electrons. The number of nitrogens with zero attached hydrogens (tertiary/aromatic N) is 1. The van der Waals surface area contributed by atoms with E-state index in [1.165, 1.54) is 5.56 Å². The highest BCUT2D eigenvalue weighted by Crippen LogP contribution is 2.16. The van der Waals surface area contributed by atoms with E-state index in [4.69, 9.17) is 9.47 Å². The van der Waals surface area contributed by atoms with E-state index in [1.54, 1.807) is 7.11 Å². The molecule has 1 aromatic rings. The highest BCUT2D eigenvalue weighted by molar-refractivity contribution is 5.27. The molecule has 1 saturated heterocycles. The van der Waals surface area contributed by atoms with Crippen molar-refractivity contribution < 1.29 is 14.6 Å². The van der Waals surface area contributed by atoms with Gasteiger partial charge in [0.25, 0.3) is 0 Å². The van der Waals surface area contributed by atoms with Crippen molar-refractivity contribution >= 4 is 0 Å². The summed E-state index contributed by atoms with van der Waals surface area (Å²) in [5.74, 6) is 0.877. The Bertz CT molecular complexity index is 366. The van der Waals surface area contributed by atoms with E-state index in [9.17, 15) is 5.11 Å². The number of ether oxygens (including phenoxy) is 2. The molecule has 1 unspecified atom stereocenters. The molecular weight excluding hydrogens is 230 g/mol. The van der Waals surface area contributed by atoms with Gasteiger partial charge >= 0.3 is 0 Å². The first kappa shape index (κ1) is 13.3. The van der Waals surface area contributed by atoms with Crippen molar-refractivity contribution in [2.45, 2.75) is 25.7 Å². The second kappa shape index (κ2) is 6.18. The van der Waals surface area contributed by atoms with Gasteiger partial charge in [-0.2, -0.15) is 0 Å². The van der Waals surface area contributed by atoms with Gasteiger partial charge in [0, 0.05) is 19.6 Å². The molecule has 4 heteroatoms. The van der Waals surface area contributed by atoms with Gasteiger partial charge in [-0.1, -0.05) is 12.1 Å². The summed E-state index contributed by atoms with van der Waals surface area (Å²) in [5.41, 5.74) is 1.25. The zero-order valence-electron chi connectivity index (χ0n) is 11.0. The minimum Gasteiger partial charge on any atom is -0.497 e. The summed E-state index contributed by atoms with van der Waals surface area (Å²) in [6.45, 7) is 4.70. The van der Waals surface area contributed by atoms with Crippen LogP contribution in [0.5, 0.6) is 5.75 Å². The highest BCUT2D eigenvalue weighted by Gasteiger charge is 2.24. The topological polar surface area (TPSA) is 41.9 Å². The quantitative estimate of drug-likeness (QED) is 0.875. The molecule has 1 fully saturated rings. The van der Waals surface area contributed by atoms with Gasteiger partial charge < -0.3 is 14.6 Å². The van der Waals surface area contributed by atoms with Gasteiger partial charge in [0.1, 0.15) is 5.75 Å². The van der Waals surface area contributed by atoms with Crippen LogP contribution in [0.25, 0.3) is 0 Å². The first-order chi connectivity index (χ1) is 8.71. The summed E-state index contributed by atoms with van der Waals surface area (Å²) in [5, 5.41) is 9.19. The van der Waals surface area contributed by atoms with Crippen molar-refractivity contribution in [1.29, 1.82) is 0 Å². The summed E-state index contributed by atoms with van der Waals surface area (Å²) < 4.78 is 10.8. The van der Waals surface area contributed by atoms with Crippen LogP contribution >= 0.6 is 0 Å². The second-order valence-electron chi connectivity index (χ2n) is 4.79. The van der Waals surface area contributed by atoms with E-state index in [1.807, 2.05) is 19.1 Å². The zero-order chi connectivity index (χ0) is 13.0. The van der Waals surface area contributed by atoms with Gasteiger partial charge in [-0.25, -0.2) is 0 Å². The Morgan fingerprint density at radius 1 is 1.33 bits per heavy atom. The summed E-state index contributed by atoms with van der Waals surface area (Å²) in [6.07, 6.45) is 0.112. The third-order valence-corrected chi connectivity index (χ3v) is 3.17. The number of aliphatic hydroxyl groups excluding tert-OH is 1. The Morgan fingerprint density at radius 3 is 2.67 bits per heavy atom. The molecule has 2 atom stereocenters. The van der Waals surface area contributed by atoms with E-state index in [-0.39, 0.29) is 18.8 Å². The maximum Gasteiger partial charge on any atom is 0.118 e. The number of methoxy groups -OCH3 is 1. The average molecular weight is 251 g/mol. The smallest absolute Gasteiger partial charge is 0.118 e. The maximum absolute atomic E-state index is 9.19. The summed E-state index contributed by atoms with van der Waals surface area (Å²) in [4.78, 5) is 2.32. The third kappa shape index (κ3) is 3.45. The van der Waals surface area contributed by atoms with Gasteiger partial charge in [0.15, 0.2) is 0 Å². The molecule has 0 aliphatic carbocycles. The first-order valence-corrected chi connectivity index (χ1v) is 6.33. The summed E-state index contributed by atoms with van der Waals surface area (Å²) >= 11 is 0. The van der Waals surface area contributed by atoms with Crippen LogP contribution in [0.15, 0.2) is 24.3 Å². The normalized spacial score (nSPS) is 25.1. The minimum atomic E-state index is -0.0630. The maximum atomic E-state index is 9.19. The predicted molar refractivity (Wildman–Crippen MR) is 69.7 cm³/mol. The van der Waals surface area contributed by atoms with Crippen LogP contribution < -0.4 is 4.74 Å². The zero-order valence-corrected chi connectivity index (χ0v) is 11.0. The number of hydrogen-bond donors (Lipinski definition) is 1. The lowest BCUT2D eigenvalue weighted by atomic mass is 10.1. The monoisotopic (exact) mass is 251 g/mol. The molecule has 18 heavy (non-hydrogen) atoms. The van der Waals surface area contributed by atoms with Gasteiger partial charge in [-0.15, -0.1) is 0 Å². The Morgan fingerprint density at radius 2 is 2.06 bits per heavy atom. The fraction of sp³-hybridized carbons (Fsp3) is 0.571. The van der Waals surface area contributed by atoms with Crippen LogP contribution in [-0.4, -0.2) is 49.0 Å². The molecule has 0 bridgehead atoms. The lowest BCUT2D eigenvalue weighted by molar-refractivity contribution is -0.0972. The van der Waals surface area contributed by atoms with Crippen molar-refractivity contribution in [3.05, 3.63) is 29.8 Å². The van der Waals surface area contributed by atoms with Crippen molar-refractivity contribution in [1.82, 2.24) is 4.90 Å². The molecular formula is C14H21NO3. The van der Waals surface area contributed by atoms with Crippen LogP contribution in [0, 0.1) is 0 Å². The molecule has 100 valence electrons. The number of aliphatic hydroxyl groups is 1. The van der Waals surface area contributed by atoms with Crippen molar-refractivity contribution in [3.8, 4) is 5.75 Å². The van der Waals surface area contributed by atoms with Crippen LogP contribution in [0.1, 0.15) is 12.5 Å². The highest BCUT2D eigenvalue weighted by atomic mass is 16.5. The van der Waals surface area contributed by atoms with Gasteiger partial charge in [-0.05, 0) is 24.6 Å².